The zero-order valence-electron chi connectivity index (χ0n) is 7.08. The summed E-state index contributed by atoms with van der Waals surface area (Å²) >= 11 is 3.26. The standard InChI is InChI=1S/C10H8BrNO/c1-6-4-7-2-3-9(11)12-10(7)8(13)5-6/h2-5,13H,1H3. The van der Waals surface area contributed by atoms with Gasteiger partial charge in [-0.25, -0.2) is 4.98 Å². The fraction of sp³-hybridized carbons (Fsp3) is 0.100. The highest BCUT2D eigenvalue weighted by molar-refractivity contribution is 9.10. The second-order valence-corrected chi connectivity index (χ2v) is 3.80. The molecule has 1 aromatic carbocycles. The maximum atomic E-state index is 9.59. The number of hydrogen-bond acceptors (Lipinski definition) is 2. The van der Waals surface area contributed by atoms with E-state index in [0.717, 1.165) is 15.6 Å². The average molecular weight is 238 g/mol. The first-order valence-electron chi connectivity index (χ1n) is 3.93. The Kier molecular flexibility index (Phi) is 1.96. The largest absolute Gasteiger partial charge is 0.506 e. The quantitative estimate of drug-likeness (QED) is 0.715. The fourth-order valence-electron chi connectivity index (χ4n) is 1.34. The van der Waals surface area contributed by atoms with E-state index < -0.39 is 0 Å². The predicted molar refractivity (Wildman–Crippen MR) is 55.8 cm³/mol. The number of aromatic hydroxyl groups is 1. The van der Waals surface area contributed by atoms with E-state index in [1.165, 1.54) is 0 Å². The lowest BCUT2D eigenvalue weighted by Crippen LogP contribution is -1.82. The Labute approximate surface area is 84.4 Å². The first-order valence-corrected chi connectivity index (χ1v) is 4.72. The first kappa shape index (κ1) is 8.51. The lowest BCUT2D eigenvalue weighted by atomic mass is 10.1. The molecule has 2 aromatic rings. The molecule has 2 rings (SSSR count). The molecule has 0 aliphatic carbocycles. The van der Waals surface area contributed by atoms with Crippen LogP contribution in [0, 0.1) is 6.92 Å². The molecule has 13 heavy (non-hydrogen) atoms. The van der Waals surface area contributed by atoms with Crippen molar-refractivity contribution in [2.45, 2.75) is 6.92 Å². The van der Waals surface area contributed by atoms with Crippen molar-refractivity contribution in [3.05, 3.63) is 34.4 Å². The number of fused-ring (bicyclic) bond motifs is 1. The second-order valence-electron chi connectivity index (χ2n) is 2.99. The van der Waals surface area contributed by atoms with E-state index in [2.05, 4.69) is 20.9 Å². The lowest BCUT2D eigenvalue weighted by molar-refractivity contribution is 0.480. The van der Waals surface area contributed by atoms with Gasteiger partial charge in [-0.15, -0.1) is 0 Å². The molecule has 0 aliphatic rings. The maximum absolute atomic E-state index is 9.59. The van der Waals surface area contributed by atoms with E-state index in [1.807, 2.05) is 25.1 Å². The van der Waals surface area contributed by atoms with Crippen LogP contribution in [0.25, 0.3) is 10.9 Å². The first-order chi connectivity index (χ1) is 6.16. The van der Waals surface area contributed by atoms with Crippen LogP contribution in [0.4, 0.5) is 0 Å². The van der Waals surface area contributed by atoms with Gasteiger partial charge in [0.1, 0.15) is 15.9 Å². The van der Waals surface area contributed by atoms with Crippen LogP contribution in [0.5, 0.6) is 5.75 Å². The predicted octanol–water partition coefficient (Wildman–Crippen LogP) is 3.01. The van der Waals surface area contributed by atoms with Gasteiger partial charge < -0.3 is 5.11 Å². The number of hydrogen-bond donors (Lipinski definition) is 1. The Morgan fingerprint density at radius 2 is 2.08 bits per heavy atom. The third kappa shape index (κ3) is 1.52. The van der Waals surface area contributed by atoms with E-state index in [1.54, 1.807) is 6.07 Å². The van der Waals surface area contributed by atoms with Gasteiger partial charge in [-0.05, 0) is 52.7 Å². The monoisotopic (exact) mass is 237 g/mol. The van der Waals surface area contributed by atoms with Crippen molar-refractivity contribution in [2.24, 2.45) is 0 Å². The zero-order chi connectivity index (χ0) is 9.42. The molecule has 0 fully saturated rings. The fourth-order valence-corrected chi connectivity index (χ4v) is 1.65. The van der Waals surface area contributed by atoms with Gasteiger partial charge in [0, 0.05) is 5.39 Å². The van der Waals surface area contributed by atoms with Crippen molar-refractivity contribution in [1.29, 1.82) is 0 Å². The molecule has 1 aromatic heterocycles. The van der Waals surface area contributed by atoms with E-state index in [0.29, 0.717) is 5.52 Å². The molecule has 1 heterocycles. The summed E-state index contributed by atoms with van der Waals surface area (Å²) in [5, 5.41) is 10.6. The lowest BCUT2D eigenvalue weighted by Gasteiger charge is -2.02. The number of aromatic nitrogens is 1. The molecule has 0 radical (unpaired) electrons. The van der Waals surface area contributed by atoms with Crippen LogP contribution in [0.1, 0.15) is 5.56 Å². The summed E-state index contributed by atoms with van der Waals surface area (Å²) in [5.41, 5.74) is 1.68. The number of aryl methyl sites for hydroxylation is 1. The van der Waals surface area contributed by atoms with Gasteiger partial charge in [-0.2, -0.15) is 0 Å². The molecule has 0 saturated carbocycles. The number of nitrogens with zero attached hydrogens (tertiary/aromatic N) is 1. The van der Waals surface area contributed by atoms with Gasteiger partial charge in [-0.1, -0.05) is 0 Å². The third-order valence-corrected chi connectivity index (χ3v) is 2.32. The van der Waals surface area contributed by atoms with E-state index in [9.17, 15) is 5.11 Å². The molecule has 0 spiro atoms. The molecular formula is C10H8BrNO. The highest BCUT2D eigenvalue weighted by atomic mass is 79.9. The third-order valence-electron chi connectivity index (χ3n) is 1.88. The van der Waals surface area contributed by atoms with Crippen molar-refractivity contribution < 1.29 is 5.11 Å². The van der Waals surface area contributed by atoms with Crippen molar-refractivity contribution >= 4 is 26.8 Å². The van der Waals surface area contributed by atoms with Crippen LogP contribution in [-0.4, -0.2) is 10.1 Å². The summed E-state index contributed by atoms with van der Waals surface area (Å²) in [7, 11) is 0. The molecule has 0 amide bonds. The number of benzene rings is 1. The van der Waals surface area contributed by atoms with Crippen molar-refractivity contribution in [1.82, 2.24) is 4.98 Å². The van der Waals surface area contributed by atoms with Crippen LogP contribution in [-0.2, 0) is 0 Å². The highest BCUT2D eigenvalue weighted by Crippen LogP contribution is 2.25. The molecule has 0 unspecified atom stereocenters. The van der Waals surface area contributed by atoms with Crippen LogP contribution >= 0.6 is 15.9 Å². The van der Waals surface area contributed by atoms with Gasteiger partial charge in [0.05, 0.1) is 0 Å². The van der Waals surface area contributed by atoms with Gasteiger partial charge in [-0.3, -0.25) is 0 Å². The summed E-state index contributed by atoms with van der Waals surface area (Å²) in [6.07, 6.45) is 0. The average Bonchev–Trinajstić information content (AvgIpc) is 2.06. The minimum Gasteiger partial charge on any atom is -0.506 e. The Hall–Kier alpha value is -1.09. The number of phenolic OH excluding ortho intramolecular Hbond substituents is 1. The summed E-state index contributed by atoms with van der Waals surface area (Å²) in [6.45, 7) is 1.95. The molecule has 0 aliphatic heterocycles. The molecule has 3 heteroatoms. The maximum Gasteiger partial charge on any atom is 0.142 e. The summed E-state index contributed by atoms with van der Waals surface area (Å²) in [6, 6.07) is 7.50. The second kappa shape index (κ2) is 3.00. The number of rotatable bonds is 0. The normalized spacial score (nSPS) is 10.6. The minimum atomic E-state index is 0.233. The van der Waals surface area contributed by atoms with Gasteiger partial charge in [0.25, 0.3) is 0 Å². The molecule has 2 nitrogen and oxygen atoms in total. The minimum absolute atomic E-state index is 0.233. The Morgan fingerprint density at radius 1 is 1.31 bits per heavy atom. The Balaban J connectivity index is 2.87. The SMILES string of the molecule is Cc1cc(O)c2nc(Br)ccc2c1. The Morgan fingerprint density at radius 3 is 2.85 bits per heavy atom. The molecule has 1 N–H and O–H groups in total. The van der Waals surface area contributed by atoms with E-state index >= 15 is 0 Å². The highest BCUT2D eigenvalue weighted by Gasteiger charge is 2.02. The Bertz CT molecular complexity index is 468. The number of halogens is 1. The molecule has 0 bridgehead atoms. The van der Waals surface area contributed by atoms with E-state index in [-0.39, 0.29) is 5.75 Å². The van der Waals surface area contributed by atoms with Crippen molar-refractivity contribution in [2.75, 3.05) is 0 Å². The molecule has 0 saturated heterocycles. The number of phenols is 1. The molecule has 66 valence electrons. The zero-order valence-corrected chi connectivity index (χ0v) is 8.67. The number of pyridine rings is 1. The van der Waals surface area contributed by atoms with Crippen LogP contribution in [0.3, 0.4) is 0 Å². The topological polar surface area (TPSA) is 33.1 Å². The van der Waals surface area contributed by atoms with E-state index in [4.69, 9.17) is 0 Å². The van der Waals surface area contributed by atoms with Crippen LogP contribution in [0.2, 0.25) is 0 Å². The molecule has 0 atom stereocenters. The summed E-state index contributed by atoms with van der Waals surface area (Å²) in [5.74, 6) is 0.233. The van der Waals surface area contributed by atoms with Crippen molar-refractivity contribution in [3.8, 4) is 5.75 Å². The smallest absolute Gasteiger partial charge is 0.142 e. The van der Waals surface area contributed by atoms with Gasteiger partial charge in [0.15, 0.2) is 0 Å². The van der Waals surface area contributed by atoms with Gasteiger partial charge in [0.2, 0.25) is 0 Å². The van der Waals surface area contributed by atoms with Crippen LogP contribution in [0.15, 0.2) is 28.9 Å². The van der Waals surface area contributed by atoms with Crippen LogP contribution < -0.4 is 0 Å². The summed E-state index contributed by atoms with van der Waals surface area (Å²) in [4.78, 5) is 4.18. The van der Waals surface area contributed by atoms with Gasteiger partial charge >= 0.3 is 0 Å². The van der Waals surface area contributed by atoms with Crippen molar-refractivity contribution in [3.63, 3.8) is 0 Å². The summed E-state index contributed by atoms with van der Waals surface area (Å²) < 4.78 is 0.735. The molecular weight excluding hydrogens is 230 g/mol.